The van der Waals surface area contributed by atoms with Crippen LogP contribution in [0.5, 0.6) is 5.75 Å². The van der Waals surface area contributed by atoms with Gasteiger partial charge in [-0.3, -0.25) is 4.79 Å². The molecule has 1 aliphatic heterocycles. The summed E-state index contributed by atoms with van der Waals surface area (Å²) in [6.07, 6.45) is 1.51. The highest BCUT2D eigenvalue weighted by atomic mass is 79.9. The van der Waals surface area contributed by atoms with E-state index >= 15 is 0 Å². The average Bonchev–Trinajstić information content (AvgIpc) is 2.47. The van der Waals surface area contributed by atoms with Crippen LogP contribution in [-0.2, 0) is 12.8 Å². The maximum Gasteiger partial charge on any atom is 0.173 e. The molecular formula is C17H12Br2O2. The number of ketones is 1. The molecular weight excluding hydrogens is 396 g/mol. The Hall–Kier alpha value is -1.13. The van der Waals surface area contributed by atoms with E-state index in [1.165, 1.54) is 11.1 Å². The molecule has 1 aliphatic carbocycles. The molecule has 4 heteroatoms. The zero-order valence-corrected chi connectivity index (χ0v) is 14.3. The van der Waals surface area contributed by atoms with Crippen LogP contribution in [-0.4, -0.2) is 11.9 Å². The Morgan fingerprint density at radius 1 is 1.05 bits per heavy atom. The normalized spacial score (nSPS) is 22.9. The van der Waals surface area contributed by atoms with Gasteiger partial charge in [-0.05, 0) is 45.6 Å². The standard InChI is InChI=1S/C17H12Br2O2/c18-11-7-13-16(20)12-5-9-3-1-2-4-10(9)6-15(12)21-17(13)14(19)8-11/h1-4,7-8,12,15H,5-6H2/t12-,15-/m1/s1. The molecule has 0 bridgehead atoms. The van der Waals surface area contributed by atoms with Crippen molar-refractivity contribution < 1.29 is 9.53 Å². The van der Waals surface area contributed by atoms with Gasteiger partial charge in [0.15, 0.2) is 5.78 Å². The lowest BCUT2D eigenvalue weighted by Gasteiger charge is -2.37. The topological polar surface area (TPSA) is 26.3 Å². The summed E-state index contributed by atoms with van der Waals surface area (Å²) in [5.41, 5.74) is 3.24. The van der Waals surface area contributed by atoms with Crippen LogP contribution < -0.4 is 4.74 Å². The molecule has 4 rings (SSSR count). The van der Waals surface area contributed by atoms with Crippen molar-refractivity contribution in [3.05, 3.63) is 62.0 Å². The van der Waals surface area contributed by atoms with E-state index in [0.29, 0.717) is 11.3 Å². The van der Waals surface area contributed by atoms with Crippen LogP contribution in [0.15, 0.2) is 45.3 Å². The smallest absolute Gasteiger partial charge is 0.173 e. The largest absolute Gasteiger partial charge is 0.487 e. The molecule has 2 aliphatic rings. The summed E-state index contributed by atoms with van der Waals surface area (Å²) in [5.74, 6) is 0.801. The zero-order valence-electron chi connectivity index (χ0n) is 11.1. The van der Waals surface area contributed by atoms with E-state index in [1.807, 2.05) is 24.3 Å². The number of rotatable bonds is 0. The maximum atomic E-state index is 12.8. The van der Waals surface area contributed by atoms with E-state index in [0.717, 1.165) is 21.8 Å². The highest BCUT2D eigenvalue weighted by Crippen LogP contribution is 2.42. The number of fused-ring (bicyclic) bond motifs is 3. The molecule has 0 amide bonds. The Bertz CT molecular complexity index is 754. The number of carbonyl (C=O) groups excluding carboxylic acids is 1. The summed E-state index contributed by atoms with van der Waals surface area (Å²) < 4.78 is 7.88. The van der Waals surface area contributed by atoms with Crippen LogP contribution in [0.25, 0.3) is 0 Å². The van der Waals surface area contributed by atoms with Crippen molar-refractivity contribution in [1.29, 1.82) is 0 Å². The molecule has 0 saturated heterocycles. The van der Waals surface area contributed by atoms with Crippen molar-refractivity contribution in [3.8, 4) is 5.75 Å². The molecule has 1 heterocycles. The number of hydrogen-bond acceptors (Lipinski definition) is 2. The lowest BCUT2D eigenvalue weighted by Crippen LogP contribution is -2.43. The molecule has 2 nitrogen and oxygen atoms in total. The quantitative estimate of drug-likeness (QED) is 0.639. The number of benzene rings is 2. The first kappa shape index (κ1) is 13.5. The van der Waals surface area contributed by atoms with Crippen molar-refractivity contribution in [2.24, 2.45) is 5.92 Å². The van der Waals surface area contributed by atoms with Crippen molar-refractivity contribution in [2.75, 3.05) is 0 Å². The SMILES string of the molecule is O=C1c2cc(Br)cc(Br)c2O[C@@H]2Cc3ccccc3C[C@@H]12. The van der Waals surface area contributed by atoms with E-state index in [2.05, 4.69) is 44.0 Å². The van der Waals surface area contributed by atoms with Gasteiger partial charge in [0.25, 0.3) is 0 Å². The Morgan fingerprint density at radius 2 is 1.76 bits per heavy atom. The minimum Gasteiger partial charge on any atom is -0.487 e. The van der Waals surface area contributed by atoms with Crippen molar-refractivity contribution >= 4 is 37.6 Å². The van der Waals surface area contributed by atoms with Crippen LogP contribution in [0.3, 0.4) is 0 Å². The number of Topliss-reactive ketones (excluding diaryl/α,β-unsaturated/α-hetero) is 1. The first-order valence-corrected chi connectivity index (χ1v) is 8.49. The Morgan fingerprint density at radius 3 is 2.52 bits per heavy atom. The van der Waals surface area contributed by atoms with Gasteiger partial charge in [-0.25, -0.2) is 0 Å². The van der Waals surface area contributed by atoms with Gasteiger partial charge in [0.1, 0.15) is 11.9 Å². The van der Waals surface area contributed by atoms with Crippen molar-refractivity contribution in [3.63, 3.8) is 0 Å². The van der Waals surface area contributed by atoms with E-state index in [4.69, 9.17) is 4.74 Å². The molecule has 0 N–H and O–H groups in total. The van der Waals surface area contributed by atoms with Gasteiger partial charge in [-0.2, -0.15) is 0 Å². The van der Waals surface area contributed by atoms with Crippen molar-refractivity contribution in [1.82, 2.24) is 0 Å². The van der Waals surface area contributed by atoms with Crippen LogP contribution in [0.4, 0.5) is 0 Å². The molecule has 2 atom stereocenters. The van der Waals surface area contributed by atoms with Gasteiger partial charge in [0.05, 0.1) is 16.0 Å². The Labute approximate surface area is 139 Å². The summed E-state index contributed by atoms with van der Waals surface area (Å²) in [4.78, 5) is 12.8. The molecule has 2 aromatic rings. The number of hydrogen-bond donors (Lipinski definition) is 0. The molecule has 21 heavy (non-hydrogen) atoms. The lowest BCUT2D eigenvalue weighted by molar-refractivity contribution is 0.0631. The molecule has 0 saturated carbocycles. The number of halogens is 2. The number of carbonyl (C=O) groups is 1. The molecule has 0 unspecified atom stereocenters. The Kier molecular flexibility index (Phi) is 3.19. The van der Waals surface area contributed by atoms with Gasteiger partial charge in [0.2, 0.25) is 0 Å². The second kappa shape index (κ2) is 4.96. The summed E-state index contributed by atoms with van der Waals surface area (Å²) in [7, 11) is 0. The fourth-order valence-corrected chi connectivity index (χ4v) is 4.60. The second-order valence-corrected chi connectivity index (χ2v) is 7.34. The van der Waals surface area contributed by atoms with Gasteiger partial charge < -0.3 is 4.74 Å². The minimum absolute atomic E-state index is 0.0580. The van der Waals surface area contributed by atoms with Crippen LogP contribution in [0.2, 0.25) is 0 Å². The fourth-order valence-electron chi connectivity index (χ4n) is 3.28. The molecule has 0 aromatic heterocycles. The highest BCUT2D eigenvalue weighted by molar-refractivity contribution is 9.11. The molecule has 2 aromatic carbocycles. The van der Waals surface area contributed by atoms with Crippen LogP contribution in [0, 0.1) is 5.92 Å². The predicted molar refractivity (Wildman–Crippen MR) is 87.9 cm³/mol. The van der Waals surface area contributed by atoms with Crippen LogP contribution in [0.1, 0.15) is 21.5 Å². The monoisotopic (exact) mass is 406 g/mol. The molecule has 0 spiro atoms. The third-order valence-corrected chi connectivity index (χ3v) is 5.35. The second-order valence-electron chi connectivity index (χ2n) is 5.57. The average molecular weight is 408 g/mol. The Balaban J connectivity index is 1.80. The third-order valence-electron chi connectivity index (χ3n) is 4.31. The maximum absolute atomic E-state index is 12.8. The first-order chi connectivity index (χ1) is 10.1. The predicted octanol–water partition coefficient (Wildman–Crippen LogP) is 4.57. The van der Waals surface area contributed by atoms with E-state index < -0.39 is 0 Å². The molecule has 0 fully saturated rings. The van der Waals surface area contributed by atoms with Gasteiger partial charge >= 0.3 is 0 Å². The van der Waals surface area contributed by atoms with Gasteiger partial charge in [-0.1, -0.05) is 40.2 Å². The summed E-state index contributed by atoms with van der Waals surface area (Å²) in [5, 5.41) is 0. The molecule has 106 valence electrons. The number of ether oxygens (including phenoxy) is 1. The van der Waals surface area contributed by atoms with Gasteiger partial charge in [0, 0.05) is 10.9 Å². The first-order valence-electron chi connectivity index (χ1n) is 6.90. The summed E-state index contributed by atoms with van der Waals surface area (Å²) in [6, 6.07) is 12.1. The summed E-state index contributed by atoms with van der Waals surface area (Å²) >= 11 is 6.95. The third kappa shape index (κ3) is 2.16. The lowest BCUT2D eigenvalue weighted by atomic mass is 9.76. The fraction of sp³-hybridized carbons (Fsp3) is 0.235. The van der Waals surface area contributed by atoms with Gasteiger partial charge in [-0.15, -0.1) is 0 Å². The highest BCUT2D eigenvalue weighted by Gasteiger charge is 2.41. The molecule has 0 radical (unpaired) electrons. The van der Waals surface area contributed by atoms with Crippen molar-refractivity contribution in [2.45, 2.75) is 18.9 Å². The van der Waals surface area contributed by atoms with E-state index in [1.54, 1.807) is 0 Å². The van der Waals surface area contributed by atoms with E-state index in [-0.39, 0.29) is 17.8 Å². The zero-order chi connectivity index (χ0) is 14.6. The minimum atomic E-state index is -0.0754. The van der Waals surface area contributed by atoms with Crippen LogP contribution >= 0.6 is 31.9 Å². The summed E-state index contributed by atoms with van der Waals surface area (Å²) in [6.45, 7) is 0. The van der Waals surface area contributed by atoms with E-state index in [9.17, 15) is 4.79 Å².